The fraction of sp³-hybridized carbons (Fsp3) is 0.421. The van der Waals surface area contributed by atoms with E-state index in [-0.39, 0.29) is 24.2 Å². The van der Waals surface area contributed by atoms with E-state index in [1.807, 2.05) is 11.1 Å². The molecule has 6 heteroatoms. The number of hydrogen-bond donors (Lipinski definition) is 1. The third kappa shape index (κ3) is 3.26. The van der Waals surface area contributed by atoms with Crippen LogP contribution in [0.1, 0.15) is 41.5 Å². The van der Waals surface area contributed by atoms with Crippen molar-refractivity contribution in [2.45, 2.75) is 38.3 Å². The topological polar surface area (TPSA) is 58.1 Å². The Bertz CT molecular complexity index is 795. The zero-order valence-electron chi connectivity index (χ0n) is 14.0. The van der Waals surface area contributed by atoms with Gasteiger partial charge in [0, 0.05) is 43.5 Å². The highest BCUT2D eigenvalue weighted by atomic mass is 19.1. The van der Waals surface area contributed by atoms with Crippen LogP contribution in [0.3, 0.4) is 0 Å². The molecule has 4 rings (SSSR count). The van der Waals surface area contributed by atoms with Crippen LogP contribution < -0.4 is 5.32 Å². The largest absolute Gasteiger partial charge is 0.332 e. The molecule has 0 aliphatic carbocycles. The van der Waals surface area contributed by atoms with Crippen LogP contribution >= 0.6 is 0 Å². The van der Waals surface area contributed by atoms with Crippen molar-refractivity contribution in [3.8, 4) is 0 Å². The molecule has 1 amide bonds. The first-order valence-corrected chi connectivity index (χ1v) is 8.80. The van der Waals surface area contributed by atoms with E-state index in [0.717, 1.165) is 49.4 Å². The lowest BCUT2D eigenvalue weighted by molar-refractivity contribution is -0.131. The summed E-state index contributed by atoms with van der Waals surface area (Å²) in [5.41, 5.74) is 2.66. The van der Waals surface area contributed by atoms with E-state index in [9.17, 15) is 9.18 Å². The number of carbonyl (C=O) groups is 1. The number of fused-ring (bicyclic) bond motifs is 1. The summed E-state index contributed by atoms with van der Waals surface area (Å²) in [6.45, 7) is 2.40. The van der Waals surface area contributed by atoms with Crippen molar-refractivity contribution in [3.63, 3.8) is 0 Å². The lowest BCUT2D eigenvalue weighted by atomic mass is 10.1. The van der Waals surface area contributed by atoms with E-state index in [0.29, 0.717) is 12.1 Å². The maximum absolute atomic E-state index is 13.8. The Balaban J connectivity index is 1.54. The molecule has 1 aromatic carbocycles. The van der Waals surface area contributed by atoms with E-state index in [1.54, 1.807) is 18.2 Å². The molecule has 5 nitrogen and oxygen atoms in total. The lowest BCUT2D eigenvalue weighted by Crippen LogP contribution is -2.33. The molecule has 25 heavy (non-hydrogen) atoms. The zero-order valence-corrected chi connectivity index (χ0v) is 14.0. The quantitative estimate of drug-likeness (QED) is 0.930. The first-order chi connectivity index (χ1) is 12.2. The average Bonchev–Trinajstić information content (AvgIpc) is 3.13. The van der Waals surface area contributed by atoms with Crippen molar-refractivity contribution in [3.05, 3.63) is 58.9 Å². The second kappa shape index (κ2) is 6.88. The van der Waals surface area contributed by atoms with E-state index in [4.69, 9.17) is 4.98 Å². The van der Waals surface area contributed by atoms with Gasteiger partial charge >= 0.3 is 0 Å². The highest BCUT2D eigenvalue weighted by Gasteiger charge is 2.32. The number of amides is 1. The first kappa shape index (κ1) is 16.1. The van der Waals surface area contributed by atoms with Crippen molar-refractivity contribution in [1.82, 2.24) is 20.2 Å². The highest BCUT2D eigenvalue weighted by Crippen LogP contribution is 2.31. The van der Waals surface area contributed by atoms with E-state index >= 15 is 0 Å². The van der Waals surface area contributed by atoms with E-state index in [2.05, 4.69) is 10.3 Å². The predicted octanol–water partition coefficient (Wildman–Crippen LogP) is 2.17. The van der Waals surface area contributed by atoms with Gasteiger partial charge in [-0.05, 0) is 24.5 Å². The molecule has 1 aromatic heterocycles. The summed E-state index contributed by atoms with van der Waals surface area (Å²) in [6.07, 6.45) is 4.64. The number of nitrogens with one attached hydrogen (secondary N) is 1. The Morgan fingerprint density at radius 2 is 2.24 bits per heavy atom. The van der Waals surface area contributed by atoms with Gasteiger partial charge in [0.25, 0.3) is 0 Å². The van der Waals surface area contributed by atoms with Gasteiger partial charge in [-0.25, -0.2) is 14.4 Å². The van der Waals surface area contributed by atoms with Gasteiger partial charge in [-0.15, -0.1) is 0 Å². The minimum absolute atomic E-state index is 0.0596. The molecular weight excluding hydrogens is 319 g/mol. The van der Waals surface area contributed by atoms with Gasteiger partial charge < -0.3 is 10.2 Å². The van der Waals surface area contributed by atoms with Crippen LogP contribution in [0.2, 0.25) is 0 Å². The molecule has 1 saturated heterocycles. The Kier molecular flexibility index (Phi) is 4.44. The van der Waals surface area contributed by atoms with Gasteiger partial charge in [-0.2, -0.15) is 0 Å². The molecule has 0 bridgehead atoms. The normalized spacial score (nSPS) is 19.7. The fourth-order valence-corrected chi connectivity index (χ4v) is 3.65. The maximum Gasteiger partial charge on any atom is 0.227 e. The molecule has 1 fully saturated rings. The molecule has 1 atom stereocenters. The van der Waals surface area contributed by atoms with Gasteiger partial charge in [0.05, 0.1) is 12.5 Å². The molecule has 2 aromatic rings. The minimum Gasteiger partial charge on any atom is -0.332 e. The molecule has 3 heterocycles. The molecule has 2 aliphatic heterocycles. The summed E-state index contributed by atoms with van der Waals surface area (Å²) < 4.78 is 13.8. The Hall–Kier alpha value is -2.34. The molecule has 0 spiro atoms. The van der Waals surface area contributed by atoms with Crippen molar-refractivity contribution < 1.29 is 9.18 Å². The second-order valence-corrected chi connectivity index (χ2v) is 6.64. The molecule has 0 radical (unpaired) electrons. The summed E-state index contributed by atoms with van der Waals surface area (Å²) in [6, 6.07) is 6.36. The van der Waals surface area contributed by atoms with Crippen LogP contribution in [-0.4, -0.2) is 33.9 Å². The molecule has 1 unspecified atom stereocenters. The number of hydrogen-bond acceptors (Lipinski definition) is 4. The van der Waals surface area contributed by atoms with Crippen molar-refractivity contribution in [2.24, 2.45) is 0 Å². The van der Waals surface area contributed by atoms with Gasteiger partial charge in [-0.3, -0.25) is 4.79 Å². The number of rotatable bonds is 3. The first-order valence-electron chi connectivity index (χ1n) is 8.80. The van der Waals surface area contributed by atoms with E-state index in [1.165, 1.54) is 6.07 Å². The molecule has 0 saturated carbocycles. The summed E-state index contributed by atoms with van der Waals surface area (Å²) in [7, 11) is 0. The van der Waals surface area contributed by atoms with Crippen LogP contribution in [0, 0.1) is 5.82 Å². The molecular formula is C19H21FN4O. The van der Waals surface area contributed by atoms with Crippen molar-refractivity contribution in [2.75, 3.05) is 13.1 Å². The summed E-state index contributed by atoms with van der Waals surface area (Å²) in [4.78, 5) is 23.8. The minimum atomic E-state index is -0.330. The van der Waals surface area contributed by atoms with Crippen LogP contribution in [0.25, 0.3) is 0 Å². The van der Waals surface area contributed by atoms with Crippen molar-refractivity contribution in [1.29, 1.82) is 0 Å². The summed E-state index contributed by atoms with van der Waals surface area (Å²) in [5.74, 6) is 0.333. The maximum atomic E-state index is 13.8. The van der Waals surface area contributed by atoms with Crippen LogP contribution in [0.4, 0.5) is 4.39 Å². The van der Waals surface area contributed by atoms with E-state index < -0.39 is 0 Å². The number of likely N-dealkylation sites (tertiary alicyclic amines) is 1. The number of benzene rings is 1. The molecule has 1 N–H and O–H groups in total. The summed E-state index contributed by atoms with van der Waals surface area (Å²) >= 11 is 0. The Labute approximate surface area is 146 Å². The van der Waals surface area contributed by atoms with Crippen LogP contribution in [0.15, 0.2) is 30.5 Å². The number of carbonyl (C=O) groups excluding carboxylic acids is 1. The molecule has 130 valence electrons. The zero-order chi connectivity index (χ0) is 17.2. The smallest absolute Gasteiger partial charge is 0.227 e. The number of aromatic nitrogens is 2. The monoisotopic (exact) mass is 340 g/mol. The molecule has 2 aliphatic rings. The Morgan fingerprint density at radius 1 is 1.36 bits per heavy atom. The van der Waals surface area contributed by atoms with Crippen LogP contribution in [-0.2, 0) is 24.2 Å². The van der Waals surface area contributed by atoms with Crippen molar-refractivity contribution >= 4 is 5.91 Å². The number of nitrogens with zero attached hydrogens (tertiary/aromatic N) is 3. The van der Waals surface area contributed by atoms with Gasteiger partial charge in [0.15, 0.2) is 5.82 Å². The van der Waals surface area contributed by atoms with Gasteiger partial charge in [0.1, 0.15) is 5.82 Å². The Morgan fingerprint density at radius 3 is 3.12 bits per heavy atom. The SMILES string of the molecule is O=C(Cc1ccccc1F)N1CCCC1c1ncc2c(n1)CCNC2. The van der Waals surface area contributed by atoms with Crippen LogP contribution in [0.5, 0.6) is 0 Å². The third-order valence-corrected chi connectivity index (χ3v) is 5.00. The lowest BCUT2D eigenvalue weighted by Gasteiger charge is -2.25. The standard InChI is InChI=1S/C19H21FN4O/c20-15-5-2-1-4-13(15)10-18(25)24-9-3-6-17(24)19-22-12-14-11-21-8-7-16(14)23-19/h1-2,4-5,12,17,21H,3,6-11H2. The third-order valence-electron chi connectivity index (χ3n) is 5.00. The predicted molar refractivity (Wildman–Crippen MR) is 91.2 cm³/mol. The fourth-order valence-electron chi connectivity index (χ4n) is 3.65. The number of halogens is 1. The van der Waals surface area contributed by atoms with Gasteiger partial charge in [0.2, 0.25) is 5.91 Å². The second-order valence-electron chi connectivity index (χ2n) is 6.64. The average molecular weight is 340 g/mol. The summed E-state index contributed by atoms with van der Waals surface area (Å²) in [5, 5.41) is 3.31. The van der Waals surface area contributed by atoms with Gasteiger partial charge in [-0.1, -0.05) is 18.2 Å². The highest BCUT2D eigenvalue weighted by molar-refractivity contribution is 5.79.